The highest BCUT2D eigenvalue weighted by atomic mass is 16.1. The van der Waals surface area contributed by atoms with Crippen LogP contribution in [0.15, 0.2) is 11.6 Å². The highest BCUT2D eigenvalue weighted by molar-refractivity contribution is 5.80. The Hall–Kier alpha value is -0.590. The van der Waals surface area contributed by atoms with E-state index in [0.29, 0.717) is 5.78 Å². The molecule has 1 aliphatic carbocycles. The molecule has 56 valence electrons. The second-order valence-corrected chi connectivity index (χ2v) is 3.00. The minimum Gasteiger partial charge on any atom is -0.299 e. The first-order valence-electron chi connectivity index (χ1n) is 3.91. The smallest absolute Gasteiger partial charge is 0.136 e. The van der Waals surface area contributed by atoms with Gasteiger partial charge in [-0.25, -0.2) is 0 Å². The predicted octanol–water partition coefficient (Wildman–Crippen LogP) is 2.32. The van der Waals surface area contributed by atoms with Gasteiger partial charge in [0.2, 0.25) is 0 Å². The normalized spacial score (nSPS) is 20.4. The number of hydrogen-bond donors (Lipinski definition) is 0. The fourth-order valence-corrected chi connectivity index (χ4v) is 1.35. The van der Waals surface area contributed by atoms with Crippen LogP contribution >= 0.6 is 0 Å². The SMILES string of the molecule is CC(=O)C(C)C1=CCCC1. The Morgan fingerprint density at radius 1 is 1.70 bits per heavy atom. The molecule has 1 aliphatic rings. The summed E-state index contributed by atoms with van der Waals surface area (Å²) in [6.07, 6.45) is 5.77. The molecule has 0 aromatic carbocycles. The van der Waals surface area contributed by atoms with Crippen molar-refractivity contribution in [3.05, 3.63) is 11.6 Å². The molecule has 10 heavy (non-hydrogen) atoms. The fourth-order valence-electron chi connectivity index (χ4n) is 1.35. The van der Waals surface area contributed by atoms with Crippen LogP contribution in [0.2, 0.25) is 0 Å². The third-order valence-corrected chi connectivity index (χ3v) is 2.24. The summed E-state index contributed by atoms with van der Waals surface area (Å²) in [4.78, 5) is 10.9. The maximum absolute atomic E-state index is 10.9. The van der Waals surface area contributed by atoms with E-state index in [1.54, 1.807) is 6.92 Å². The monoisotopic (exact) mass is 138 g/mol. The molecule has 0 aromatic heterocycles. The van der Waals surface area contributed by atoms with E-state index in [0.717, 1.165) is 6.42 Å². The summed E-state index contributed by atoms with van der Waals surface area (Å²) in [7, 11) is 0. The molecule has 0 N–H and O–H groups in total. The molecule has 0 aliphatic heterocycles. The molecule has 0 fully saturated rings. The van der Waals surface area contributed by atoms with E-state index in [-0.39, 0.29) is 5.92 Å². The molecule has 1 atom stereocenters. The molecule has 1 nitrogen and oxygen atoms in total. The van der Waals surface area contributed by atoms with Gasteiger partial charge in [0.05, 0.1) is 0 Å². The summed E-state index contributed by atoms with van der Waals surface area (Å²) in [5, 5.41) is 0. The maximum Gasteiger partial charge on any atom is 0.136 e. The Labute approximate surface area is 62.1 Å². The van der Waals surface area contributed by atoms with Crippen molar-refractivity contribution in [1.82, 2.24) is 0 Å². The zero-order valence-corrected chi connectivity index (χ0v) is 6.68. The van der Waals surface area contributed by atoms with E-state index < -0.39 is 0 Å². The summed E-state index contributed by atoms with van der Waals surface area (Å²) in [6.45, 7) is 3.67. The summed E-state index contributed by atoms with van der Waals surface area (Å²) in [5.74, 6) is 0.482. The van der Waals surface area contributed by atoms with E-state index in [1.807, 2.05) is 6.92 Å². The van der Waals surface area contributed by atoms with Crippen molar-refractivity contribution >= 4 is 5.78 Å². The van der Waals surface area contributed by atoms with Crippen LogP contribution in [0, 0.1) is 5.92 Å². The Morgan fingerprint density at radius 2 is 2.40 bits per heavy atom. The topological polar surface area (TPSA) is 17.1 Å². The van der Waals surface area contributed by atoms with Crippen molar-refractivity contribution in [2.45, 2.75) is 33.1 Å². The van der Waals surface area contributed by atoms with Crippen LogP contribution in [0.1, 0.15) is 33.1 Å². The van der Waals surface area contributed by atoms with Gasteiger partial charge in [0, 0.05) is 5.92 Å². The summed E-state index contributed by atoms with van der Waals surface area (Å²) >= 11 is 0. The molecular formula is C9H14O. The second-order valence-electron chi connectivity index (χ2n) is 3.00. The maximum atomic E-state index is 10.9. The second kappa shape index (κ2) is 3.00. The zero-order valence-electron chi connectivity index (χ0n) is 6.68. The lowest BCUT2D eigenvalue weighted by atomic mass is 9.97. The molecule has 1 heteroatoms. The number of hydrogen-bond acceptors (Lipinski definition) is 1. The molecule has 0 aromatic rings. The molecule has 0 heterocycles. The van der Waals surface area contributed by atoms with Gasteiger partial charge in [0.1, 0.15) is 5.78 Å². The van der Waals surface area contributed by atoms with Gasteiger partial charge < -0.3 is 0 Å². The van der Waals surface area contributed by atoms with E-state index >= 15 is 0 Å². The third kappa shape index (κ3) is 1.47. The summed E-state index contributed by atoms with van der Waals surface area (Å²) in [6, 6.07) is 0. The first kappa shape index (κ1) is 7.52. The van der Waals surface area contributed by atoms with Crippen LogP contribution < -0.4 is 0 Å². The van der Waals surface area contributed by atoms with Crippen LogP contribution in [0.5, 0.6) is 0 Å². The lowest BCUT2D eigenvalue weighted by Gasteiger charge is -2.07. The molecule has 0 saturated heterocycles. The molecule has 0 saturated carbocycles. The molecule has 1 unspecified atom stereocenters. The van der Waals surface area contributed by atoms with Crippen molar-refractivity contribution in [3.63, 3.8) is 0 Å². The fraction of sp³-hybridized carbons (Fsp3) is 0.667. The van der Waals surface area contributed by atoms with E-state index in [2.05, 4.69) is 6.08 Å². The lowest BCUT2D eigenvalue weighted by Crippen LogP contribution is -2.07. The van der Waals surface area contributed by atoms with Gasteiger partial charge in [0.15, 0.2) is 0 Å². The van der Waals surface area contributed by atoms with Gasteiger partial charge in [0.25, 0.3) is 0 Å². The van der Waals surface area contributed by atoms with Gasteiger partial charge in [-0.2, -0.15) is 0 Å². The molecule has 0 amide bonds. The Kier molecular flexibility index (Phi) is 2.25. The van der Waals surface area contributed by atoms with Crippen LogP contribution in [0.25, 0.3) is 0 Å². The predicted molar refractivity (Wildman–Crippen MR) is 41.8 cm³/mol. The number of carbonyl (C=O) groups is 1. The molecule has 0 spiro atoms. The molecule has 1 rings (SSSR count). The Morgan fingerprint density at radius 3 is 2.80 bits per heavy atom. The minimum atomic E-state index is 0.183. The number of allylic oxidation sites excluding steroid dienone is 2. The first-order chi connectivity index (χ1) is 4.72. The van der Waals surface area contributed by atoms with Crippen molar-refractivity contribution in [2.75, 3.05) is 0 Å². The molecule has 0 radical (unpaired) electrons. The van der Waals surface area contributed by atoms with E-state index in [1.165, 1.54) is 18.4 Å². The van der Waals surface area contributed by atoms with Crippen molar-refractivity contribution < 1.29 is 4.79 Å². The first-order valence-corrected chi connectivity index (χ1v) is 3.91. The highest BCUT2D eigenvalue weighted by Gasteiger charge is 2.15. The van der Waals surface area contributed by atoms with Gasteiger partial charge in [-0.3, -0.25) is 4.79 Å². The highest BCUT2D eigenvalue weighted by Crippen LogP contribution is 2.24. The van der Waals surface area contributed by atoms with Crippen molar-refractivity contribution in [1.29, 1.82) is 0 Å². The Balaban J connectivity index is 2.55. The standard InChI is InChI=1S/C9H14O/c1-7(8(2)10)9-5-3-4-6-9/h5,7H,3-4,6H2,1-2H3. The molecular weight excluding hydrogens is 124 g/mol. The van der Waals surface area contributed by atoms with Crippen LogP contribution in [-0.4, -0.2) is 5.78 Å². The number of ketones is 1. The summed E-state index contributed by atoms with van der Waals surface area (Å²) < 4.78 is 0. The number of Topliss-reactive ketones (excluding diaryl/α,β-unsaturated/α-hetero) is 1. The van der Waals surface area contributed by atoms with Crippen molar-refractivity contribution in [2.24, 2.45) is 5.92 Å². The largest absolute Gasteiger partial charge is 0.299 e. The van der Waals surface area contributed by atoms with Crippen molar-refractivity contribution in [3.8, 4) is 0 Å². The number of rotatable bonds is 2. The quantitative estimate of drug-likeness (QED) is 0.535. The van der Waals surface area contributed by atoms with Gasteiger partial charge in [-0.1, -0.05) is 18.6 Å². The van der Waals surface area contributed by atoms with E-state index in [4.69, 9.17) is 0 Å². The van der Waals surface area contributed by atoms with Crippen LogP contribution in [0.3, 0.4) is 0 Å². The van der Waals surface area contributed by atoms with Gasteiger partial charge in [-0.05, 0) is 26.2 Å². The average Bonchev–Trinajstić information content (AvgIpc) is 2.36. The van der Waals surface area contributed by atoms with E-state index in [9.17, 15) is 4.79 Å². The average molecular weight is 138 g/mol. The molecule has 0 bridgehead atoms. The number of carbonyl (C=O) groups excluding carboxylic acids is 1. The Bertz CT molecular complexity index is 168. The van der Waals surface area contributed by atoms with Gasteiger partial charge in [-0.15, -0.1) is 0 Å². The summed E-state index contributed by atoms with van der Waals surface area (Å²) in [5.41, 5.74) is 1.35. The minimum absolute atomic E-state index is 0.183. The lowest BCUT2D eigenvalue weighted by molar-refractivity contribution is -0.119. The zero-order chi connectivity index (χ0) is 7.56. The van der Waals surface area contributed by atoms with Gasteiger partial charge >= 0.3 is 0 Å². The third-order valence-electron chi connectivity index (χ3n) is 2.24. The van der Waals surface area contributed by atoms with Crippen LogP contribution in [-0.2, 0) is 4.79 Å². The van der Waals surface area contributed by atoms with Crippen LogP contribution in [0.4, 0.5) is 0 Å².